The first-order valence-corrected chi connectivity index (χ1v) is 12.4. The van der Waals surface area contributed by atoms with Gasteiger partial charge in [-0.05, 0) is 42.5 Å². The van der Waals surface area contributed by atoms with Crippen LogP contribution in [0.15, 0.2) is 40.6 Å². The van der Waals surface area contributed by atoms with Gasteiger partial charge < -0.3 is 10.2 Å². The number of hydrogen-bond acceptors (Lipinski definition) is 5. The number of carbonyl (C=O) groups is 2. The van der Waals surface area contributed by atoms with Crippen molar-refractivity contribution in [1.82, 2.24) is 9.21 Å². The SMILES string of the molecule is CCN(CC)S(=O)(=O)c1cc(NC(=O)[C@@H]2CCCN2C(=O)c2cccs2)ccc1Cl. The van der Waals surface area contributed by atoms with E-state index in [0.717, 1.165) is 6.42 Å². The first-order valence-electron chi connectivity index (χ1n) is 9.74. The van der Waals surface area contributed by atoms with E-state index in [1.165, 1.54) is 27.8 Å². The summed E-state index contributed by atoms with van der Waals surface area (Å²) in [6.45, 7) is 4.64. The Morgan fingerprint density at radius 3 is 2.63 bits per heavy atom. The zero-order chi connectivity index (χ0) is 21.9. The summed E-state index contributed by atoms with van der Waals surface area (Å²) < 4.78 is 27.0. The van der Waals surface area contributed by atoms with Crippen molar-refractivity contribution in [3.8, 4) is 0 Å². The monoisotopic (exact) mass is 469 g/mol. The largest absolute Gasteiger partial charge is 0.326 e. The molecule has 3 rings (SSSR count). The van der Waals surface area contributed by atoms with Gasteiger partial charge in [-0.3, -0.25) is 9.59 Å². The van der Waals surface area contributed by atoms with Gasteiger partial charge in [0.25, 0.3) is 5.91 Å². The highest BCUT2D eigenvalue weighted by Crippen LogP contribution is 2.29. The van der Waals surface area contributed by atoms with Gasteiger partial charge in [0.15, 0.2) is 0 Å². The topological polar surface area (TPSA) is 86.8 Å². The number of hydrogen-bond donors (Lipinski definition) is 1. The Morgan fingerprint density at radius 1 is 1.27 bits per heavy atom. The molecular formula is C20H24ClN3O4S2. The van der Waals surface area contributed by atoms with Crippen molar-refractivity contribution in [2.24, 2.45) is 0 Å². The average Bonchev–Trinajstić information content (AvgIpc) is 3.41. The van der Waals surface area contributed by atoms with Gasteiger partial charge in [0.2, 0.25) is 15.9 Å². The molecule has 1 aliphatic heterocycles. The zero-order valence-electron chi connectivity index (χ0n) is 16.8. The molecule has 0 bridgehead atoms. The quantitative estimate of drug-likeness (QED) is 0.670. The van der Waals surface area contributed by atoms with E-state index in [1.54, 1.807) is 36.9 Å². The lowest BCUT2D eigenvalue weighted by molar-refractivity contribution is -0.119. The number of nitrogens with zero attached hydrogens (tertiary/aromatic N) is 2. The molecule has 30 heavy (non-hydrogen) atoms. The molecule has 1 aromatic carbocycles. The Labute approximate surface area is 185 Å². The molecule has 0 radical (unpaired) electrons. The van der Waals surface area contributed by atoms with Crippen LogP contribution in [0.5, 0.6) is 0 Å². The van der Waals surface area contributed by atoms with E-state index in [0.29, 0.717) is 36.6 Å². The van der Waals surface area contributed by atoms with Crippen LogP contribution in [0.25, 0.3) is 0 Å². The molecule has 7 nitrogen and oxygen atoms in total. The number of amides is 2. The standard InChI is InChI=1S/C20H24ClN3O4S2/c1-3-23(4-2)30(27,28)18-13-14(9-10-15(18)21)22-19(25)16-7-5-11-24(16)20(26)17-8-6-12-29-17/h6,8-10,12-13,16H,3-5,7,11H2,1-2H3,(H,22,25)/t16-/m0/s1. The number of benzene rings is 1. The van der Waals surface area contributed by atoms with Gasteiger partial charge in [0, 0.05) is 25.3 Å². The molecule has 1 aliphatic rings. The number of nitrogens with one attached hydrogen (secondary N) is 1. The molecule has 0 saturated carbocycles. The molecule has 0 unspecified atom stereocenters. The smallest absolute Gasteiger partial charge is 0.264 e. The van der Waals surface area contributed by atoms with Crippen molar-refractivity contribution in [3.63, 3.8) is 0 Å². The van der Waals surface area contributed by atoms with E-state index in [-0.39, 0.29) is 21.7 Å². The third-order valence-electron chi connectivity index (χ3n) is 5.07. The van der Waals surface area contributed by atoms with E-state index >= 15 is 0 Å². The number of sulfonamides is 1. The Kier molecular flexibility index (Phi) is 7.18. The fourth-order valence-electron chi connectivity index (χ4n) is 3.53. The van der Waals surface area contributed by atoms with Crippen LogP contribution in [0.1, 0.15) is 36.4 Å². The fourth-order valence-corrected chi connectivity index (χ4v) is 6.17. The summed E-state index contributed by atoms with van der Waals surface area (Å²) in [6.07, 6.45) is 1.29. The van der Waals surface area contributed by atoms with Gasteiger partial charge in [0.05, 0.1) is 9.90 Å². The minimum Gasteiger partial charge on any atom is -0.326 e. The predicted molar refractivity (Wildman–Crippen MR) is 119 cm³/mol. The molecule has 2 heterocycles. The highest BCUT2D eigenvalue weighted by atomic mass is 35.5. The van der Waals surface area contributed by atoms with Crippen molar-refractivity contribution in [3.05, 3.63) is 45.6 Å². The second-order valence-electron chi connectivity index (χ2n) is 6.86. The summed E-state index contributed by atoms with van der Waals surface area (Å²) in [5, 5.41) is 4.67. The highest BCUT2D eigenvalue weighted by Gasteiger charge is 2.35. The summed E-state index contributed by atoms with van der Waals surface area (Å²) in [6, 6.07) is 7.32. The summed E-state index contributed by atoms with van der Waals surface area (Å²) >= 11 is 7.49. The van der Waals surface area contributed by atoms with Crippen LogP contribution in [-0.2, 0) is 14.8 Å². The third-order valence-corrected chi connectivity index (χ3v) is 8.46. The minimum atomic E-state index is -3.78. The number of thiophene rings is 1. The van der Waals surface area contributed by atoms with E-state index < -0.39 is 16.1 Å². The fraction of sp³-hybridized carbons (Fsp3) is 0.400. The molecule has 2 amide bonds. The van der Waals surface area contributed by atoms with Gasteiger partial charge in [-0.25, -0.2) is 8.42 Å². The Bertz CT molecular complexity index is 1020. The van der Waals surface area contributed by atoms with Crippen LogP contribution >= 0.6 is 22.9 Å². The van der Waals surface area contributed by atoms with Crippen molar-refractivity contribution >= 4 is 50.5 Å². The Balaban J connectivity index is 1.81. The van der Waals surface area contributed by atoms with Crippen molar-refractivity contribution < 1.29 is 18.0 Å². The molecular weight excluding hydrogens is 446 g/mol. The maximum absolute atomic E-state index is 12.9. The van der Waals surface area contributed by atoms with Crippen LogP contribution < -0.4 is 5.32 Å². The van der Waals surface area contributed by atoms with E-state index in [4.69, 9.17) is 11.6 Å². The average molecular weight is 470 g/mol. The molecule has 1 aromatic heterocycles. The first-order chi connectivity index (χ1) is 14.3. The normalized spacial score (nSPS) is 16.8. The van der Waals surface area contributed by atoms with E-state index in [1.807, 2.05) is 5.38 Å². The van der Waals surface area contributed by atoms with Crippen LogP contribution in [-0.4, -0.2) is 55.1 Å². The number of likely N-dealkylation sites (tertiary alicyclic amines) is 1. The first kappa shape index (κ1) is 22.7. The molecule has 2 aromatic rings. The van der Waals surface area contributed by atoms with Crippen molar-refractivity contribution in [1.29, 1.82) is 0 Å². The lowest BCUT2D eigenvalue weighted by Gasteiger charge is -2.24. The summed E-state index contributed by atoms with van der Waals surface area (Å²) in [5.74, 6) is -0.505. The van der Waals surface area contributed by atoms with Crippen LogP contribution in [0.4, 0.5) is 5.69 Å². The maximum Gasteiger partial charge on any atom is 0.264 e. The second kappa shape index (κ2) is 9.47. The van der Waals surface area contributed by atoms with Gasteiger partial charge in [-0.15, -0.1) is 11.3 Å². The molecule has 1 N–H and O–H groups in total. The number of carbonyl (C=O) groups excluding carboxylic acids is 2. The Morgan fingerprint density at radius 2 is 2.00 bits per heavy atom. The molecule has 1 fully saturated rings. The van der Waals surface area contributed by atoms with E-state index in [9.17, 15) is 18.0 Å². The summed E-state index contributed by atoms with van der Waals surface area (Å²) in [7, 11) is -3.78. The number of halogens is 1. The number of anilines is 1. The zero-order valence-corrected chi connectivity index (χ0v) is 19.2. The Hall–Kier alpha value is -1.94. The number of rotatable bonds is 7. The molecule has 162 valence electrons. The molecule has 0 spiro atoms. The van der Waals surface area contributed by atoms with Crippen molar-refractivity contribution in [2.75, 3.05) is 25.0 Å². The third kappa shape index (κ3) is 4.54. The lowest BCUT2D eigenvalue weighted by atomic mass is 10.2. The van der Waals surface area contributed by atoms with Crippen molar-refractivity contribution in [2.45, 2.75) is 37.6 Å². The van der Waals surface area contributed by atoms with Gasteiger partial charge in [-0.1, -0.05) is 31.5 Å². The summed E-state index contributed by atoms with van der Waals surface area (Å²) in [4.78, 5) is 27.7. The molecule has 1 atom stereocenters. The van der Waals surface area contributed by atoms with Gasteiger partial charge in [-0.2, -0.15) is 4.31 Å². The van der Waals surface area contributed by atoms with E-state index in [2.05, 4.69) is 5.32 Å². The second-order valence-corrected chi connectivity index (χ2v) is 10.1. The predicted octanol–water partition coefficient (Wildman–Crippen LogP) is 3.68. The molecule has 10 heteroatoms. The summed E-state index contributed by atoms with van der Waals surface area (Å²) in [5.41, 5.74) is 0.325. The molecule has 1 saturated heterocycles. The van der Waals surface area contributed by atoms with Gasteiger partial charge >= 0.3 is 0 Å². The maximum atomic E-state index is 12.9. The molecule has 0 aliphatic carbocycles. The van der Waals surface area contributed by atoms with Crippen LogP contribution in [0.3, 0.4) is 0 Å². The lowest BCUT2D eigenvalue weighted by Crippen LogP contribution is -2.43. The van der Waals surface area contributed by atoms with Gasteiger partial charge in [0.1, 0.15) is 10.9 Å². The van der Waals surface area contributed by atoms with Crippen LogP contribution in [0.2, 0.25) is 5.02 Å². The minimum absolute atomic E-state index is 0.0522. The van der Waals surface area contributed by atoms with Crippen LogP contribution in [0, 0.1) is 0 Å². The highest BCUT2D eigenvalue weighted by molar-refractivity contribution is 7.89.